The number of rotatable bonds is 3. The molecule has 0 aliphatic heterocycles. The number of hydrogen-bond donors (Lipinski definition) is 2. The van der Waals surface area contributed by atoms with E-state index in [0.717, 1.165) is 0 Å². The van der Waals surface area contributed by atoms with Crippen LogP contribution in [0.15, 0.2) is 30.3 Å². The minimum atomic E-state index is -0.305. The van der Waals surface area contributed by atoms with Crippen molar-refractivity contribution in [2.24, 2.45) is 0 Å². The van der Waals surface area contributed by atoms with Crippen molar-refractivity contribution in [3.63, 3.8) is 0 Å². The molecule has 0 saturated carbocycles. The van der Waals surface area contributed by atoms with Gasteiger partial charge in [-0.15, -0.1) is 0 Å². The van der Waals surface area contributed by atoms with Crippen molar-refractivity contribution in [3.8, 4) is 0 Å². The van der Waals surface area contributed by atoms with Gasteiger partial charge in [0.25, 0.3) is 0 Å². The molecule has 2 aromatic rings. The third kappa shape index (κ3) is 2.48. The first-order valence-electron chi connectivity index (χ1n) is 5.53. The van der Waals surface area contributed by atoms with Gasteiger partial charge in [0.2, 0.25) is 5.95 Å². The van der Waals surface area contributed by atoms with Crippen LogP contribution in [0.25, 0.3) is 0 Å². The molecule has 0 saturated heterocycles. The molecule has 94 valence electrons. The van der Waals surface area contributed by atoms with E-state index in [1.165, 1.54) is 12.1 Å². The van der Waals surface area contributed by atoms with Crippen LogP contribution in [0.5, 0.6) is 0 Å². The summed E-state index contributed by atoms with van der Waals surface area (Å²) in [6, 6.07) is 7.85. The molecule has 0 atom stereocenters. The van der Waals surface area contributed by atoms with Gasteiger partial charge in [-0.3, -0.25) is 0 Å². The van der Waals surface area contributed by atoms with Crippen molar-refractivity contribution >= 4 is 23.3 Å². The van der Waals surface area contributed by atoms with E-state index in [9.17, 15) is 4.39 Å². The lowest BCUT2D eigenvalue weighted by Crippen LogP contribution is -2.18. The first-order valence-corrected chi connectivity index (χ1v) is 5.53. The molecule has 0 fully saturated rings. The van der Waals surface area contributed by atoms with Crippen molar-refractivity contribution < 1.29 is 4.39 Å². The monoisotopic (exact) mass is 247 g/mol. The molecule has 1 aromatic heterocycles. The van der Waals surface area contributed by atoms with Gasteiger partial charge >= 0.3 is 0 Å². The van der Waals surface area contributed by atoms with Crippen LogP contribution in [0.4, 0.5) is 27.7 Å². The van der Waals surface area contributed by atoms with Crippen LogP contribution in [-0.2, 0) is 0 Å². The second kappa shape index (κ2) is 4.87. The van der Waals surface area contributed by atoms with Gasteiger partial charge in [0.1, 0.15) is 17.5 Å². The maximum Gasteiger partial charge on any atom is 0.223 e. The molecule has 4 N–H and O–H groups in total. The van der Waals surface area contributed by atoms with E-state index in [4.69, 9.17) is 11.5 Å². The number of nitrogen functional groups attached to an aromatic ring is 2. The quantitative estimate of drug-likeness (QED) is 0.866. The highest BCUT2D eigenvalue weighted by molar-refractivity contribution is 5.63. The van der Waals surface area contributed by atoms with Crippen molar-refractivity contribution in [1.82, 2.24) is 9.97 Å². The summed E-state index contributed by atoms with van der Waals surface area (Å²) in [5, 5.41) is 0. The van der Waals surface area contributed by atoms with E-state index in [-0.39, 0.29) is 17.6 Å². The molecule has 0 spiro atoms. The Bertz CT molecular complexity index is 538. The van der Waals surface area contributed by atoms with Gasteiger partial charge in [-0.2, -0.15) is 9.97 Å². The average Bonchev–Trinajstić information content (AvgIpc) is 2.28. The van der Waals surface area contributed by atoms with E-state index in [1.807, 2.05) is 6.92 Å². The predicted molar refractivity (Wildman–Crippen MR) is 69.9 cm³/mol. The van der Waals surface area contributed by atoms with E-state index in [1.54, 1.807) is 23.1 Å². The Hall–Kier alpha value is -2.37. The molecular weight excluding hydrogens is 233 g/mol. The maximum atomic E-state index is 13.2. The first kappa shape index (κ1) is 12.1. The topological polar surface area (TPSA) is 81.1 Å². The fourth-order valence-corrected chi connectivity index (χ4v) is 1.73. The second-order valence-electron chi connectivity index (χ2n) is 3.73. The Morgan fingerprint density at radius 3 is 2.61 bits per heavy atom. The predicted octanol–water partition coefficient (Wildman–Crippen LogP) is 1.94. The van der Waals surface area contributed by atoms with Gasteiger partial charge < -0.3 is 16.4 Å². The van der Waals surface area contributed by atoms with E-state index in [2.05, 4.69) is 9.97 Å². The summed E-state index contributed by atoms with van der Waals surface area (Å²) in [7, 11) is 0. The molecule has 5 nitrogen and oxygen atoms in total. The van der Waals surface area contributed by atoms with Crippen LogP contribution >= 0.6 is 0 Å². The minimum Gasteiger partial charge on any atom is -0.383 e. The van der Waals surface area contributed by atoms with Gasteiger partial charge in [-0.1, -0.05) is 6.07 Å². The summed E-state index contributed by atoms with van der Waals surface area (Å²) in [5.41, 5.74) is 11.9. The summed E-state index contributed by atoms with van der Waals surface area (Å²) in [5.74, 6) is 0.626. The third-order valence-corrected chi connectivity index (χ3v) is 2.46. The summed E-state index contributed by atoms with van der Waals surface area (Å²) in [4.78, 5) is 9.71. The molecule has 0 aliphatic rings. The third-order valence-electron chi connectivity index (χ3n) is 2.46. The van der Waals surface area contributed by atoms with Crippen molar-refractivity contribution in [1.29, 1.82) is 0 Å². The summed E-state index contributed by atoms with van der Waals surface area (Å²) < 4.78 is 13.2. The smallest absolute Gasteiger partial charge is 0.223 e. The molecule has 1 heterocycles. The number of nitrogens with two attached hydrogens (primary N) is 2. The van der Waals surface area contributed by atoms with Crippen molar-refractivity contribution in [3.05, 3.63) is 36.1 Å². The Balaban J connectivity index is 2.45. The SMILES string of the molecule is CCN(c1cccc(F)c1)c1cc(N)nc(N)n1. The lowest BCUT2D eigenvalue weighted by molar-refractivity contribution is 0.627. The van der Waals surface area contributed by atoms with Crippen LogP contribution in [0.2, 0.25) is 0 Å². The van der Waals surface area contributed by atoms with E-state index < -0.39 is 0 Å². The summed E-state index contributed by atoms with van der Waals surface area (Å²) in [6.07, 6.45) is 0. The molecule has 0 amide bonds. The lowest BCUT2D eigenvalue weighted by atomic mass is 10.2. The van der Waals surface area contributed by atoms with Gasteiger partial charge in [-0.05, 0) is 25.1 Å². The number of halogens is 1. The fraction of sp³-hybridized carbons (Fsp3) is 0.167. The Labute approximate surface area is 104 Å². The molecule has 1 aromatic carbocycles. The molecule has 2 rings (SSSR count). The second-order valence-corrected chi connectivity index (χ2v) is 3.73. The Morgan fingerprint density at radius 2 is 2.00 bits per heavy atom. The van der Waals surface area contributed by atoms with Crippen LogP contribution in [-0.4, -0.2) is 16.5 Å². The Morgan fingerprint density at radius 1 is 1.22 bits per heavy atom. The van der Waals surface area contributed by atoms with Crippen LogP contribution in [0.1, 0.15) is 6.92 Å². The number of nitrogens with zero attached hydrogens (tertiary/aromatic N) is 3. The van der Waals surface area contributed by atoms with E-state index in [0.29, 0.717) is 18.1 Å². The van der Waals surface area contributed by atoms with Crippen molar-refractivity contribution in [2.45, 2.75) is 6.92 Å². The normalized spacial score (nSPS) is 10.3. The standard InChI is InChI=1S/C12H14FN5/c1-2-18(9-5-3-4-8(13)6-9)11-7-10(14)16-12(15)17-11/h3-7H,2H2,1H3,(H4,14,15,16,17). The molecule has 0 unspecified atom stereocenters. The van der Waals surface area contributed by atoms with Crippen LogP contribution < -0.4 is 16.4 Å². The minimum absolute atomic E-state index is 0.0971. The van der Waals surface area contributed by atoms with Crippen LogP contribution in [0, 0.1) is 5.82 Å². The molecule has 18 heavy (non-hydrogen) atoms. The molecule has 0 radical (unpaired) electrons. The first-order chi connectivity index (χ1) is 8.60. The van der Waals surface area contributed by atoms with Gasteiger partial charge in [0.15, 0.2) is 0 Å². The number of aromatic nitrogens is 2. The van der Waals surface area contributed by atoms with E-state index >= 15 is 0 Å². The van der Waals surface area contributed by atoms with Gasteiger partial charge in [0, 0.05) is 18.3 Å². The maximum absolute atomic E-state index is 13.2. The van der Waals surface area contributed by atoms with Crippen molar-refractivity contribution in [2.75, 3.05) is 22.9 Å². The molecular formula is C12H14FN5. The highest BCUT2D eigenvalue weighted by atomic mass is 19.1. The number of hydrogen-bond acceptors (Lipinski definition) is 5. The Kier molecular flexibility index (Phi) is 3.27. The zero-order chi connectivity index (χ0) is 13.1. The van der Waals surface area contributed by atoms with Gasteiger partial charge in [-0.25, -0.2) is 4.39 Å². The molecule has 6 heteroatoms. The fourth-order valence-electron chi connectivity index (χ4n) is 1.73. The summed E-state index contributed by atoms with van der Waals surface area (Å²) >= 11 is 0. The average molecular weight is 247 g/mol. The zero-order valence-electron chi connectivity index (χ0n) is 9.97. The number of benzene rings is 1. The highest BCUT2D eigenvalue weighted by Gasteiger charge is 2.11. The lowest BCUT2D eigenvalue weighted by Gasteiger charge is -2.22. The highest BCUT2D eigenvalue weighted by Crippen LogP contribution is 2.25. The van der Waals surface area contributed by atoms with Crippen LogP contribution in [0.3, 0.4) is 0 Å². The summed E-state index contributed by atoms with van der Waals surface area (Å²) in [6.45, 7) is 2.54. The largest absolute Gasteiger partial charge is 0.383 e. The molecule has 0 aliphatic carbocycles. The number of anilines is 4. The molecule has 0 bridgehead atoms. The van der Waals surface area contributed by atoms with Gasteiger partial charge in [0.05, 0.1) is 0 Å². The zero-order valence-corrected chi connectivity index (χ0v) is 9.97.